The first-order valence-electron chi connectivity index (χ1n) is 12.0. The number of hydrogen-bond acceptors (Lipinski definition) is 5. The Morgan fingerprint density at radius 1 is 1.11 bits per heavy atom. The number of benzene rings is 2. The highest BCUT2D eigenvalue weighted by molar-refractivity contribution is 6.06. The SMILES string of the molecule is CCC(C)(C)[C@@H]1CCc2nc3ccccc3c(C(=O)OCC(=O)Nc3ccc(C(N)=O)cc3)c2C1. The van der Waals surface area contributed by atoms with E-state index in [2.05, 4.69) is 26.1 Å². The van der Waals surface area contributed by atoms with Crippen molar-refractivity contribution >= 4 is 34.4 Å². The number of aryl methyl sites for hydroxylation is 1. The van der Waals surface area contributed by atoms with E-state index in [1.165, 1.54) is 12.1 Å². The molecule has 2 amide bonds. The number of esters is 1. The molecule has 0 spiro atoms. The summed E-state index contributed by atoms with van der Waals surface area (Å²) in [5.74, 6) is -1.10. The van der Waals surface area contributed by atoms with Gasteiger partial charge in [0.25, 0.3) is 5.91 Å². The van der Waals surface area contributed by atoms with Crippen LogP contribution in [0.25, 0.3) is 10.9 Å². The minimum atomic E-state index is -0.547. The highest BCUT2D eigenvalue weighted by Gasteiger charge is 2.34. The molecule has 0 aliphatic heterocycles. The molecule has 1 heterocycles. The smallest absolute Gasteiger partial charge is 0.339 e. The second-order valence-electron chi connectivity index (χ2n) is 9.78. The molecule has 4 rings (SSSR count). The number of ether oxygens (including phenoxy) is 1. The third-order valence-corrected chi connectivity index (χ3v) is 7.27. The molecule has 2 aromatic carbocycles. The average molecular weight is 474 g/mol. The summed E-state index contributed by atoms with van der Waals surface area (Å²) in [7, 11) is 0. The quantitative estimate of drug-likeness (QED) is 0.485. The molecule has 1 aromatic heterocycles. The standard InChI is InChI=1S/C28H31N3O4/c1-4-28(2,3)18-11-14-23-21(15-18)25(20-7-5-6-8-22(20)31-23)27(34)35-16-24(32)30-19-12-9-17(10-13-19)26(29)33/h5-10,12-13,18H,4,11,14-16H2,1-3H3,(H2,29,33)(H,30,32)/t18-/m1/s1. The molecule has 7 nitrogen and oxygen atoms in total. The van der Waals surface area contributed by atoms with Crippen LogP contribution in [0.1, 0.15) is 65.6 Å². The fraction of sp³-hybridized carbons (Fsp3) is 0.357. The van der Waals surface area contributed by atoms with E-state index in [9.17, 15) is 14.4 Å². The van der Waals surface area contributed by atoms with Crippen LogP contribution in [0.3, 0.4) is 0 Å². The lowest BCUT2D eigenvalue weighted by Gasteiger charge is -2.37. The number of para-hydroxylation sites is 1. The van der Waals surface area contributed by atoms with Crippen LogP contribution in [0.4, 0.5) is 5.69 Å². The molecule has 1 aliphatic carbocycles. The van der Waals surface area contributed by atoms with E-state index < -0.39 is 24.4 Å². The molecule has 0 bridgehead atoms. The number of amides is 2. The van der Waals surface area contributed by atoms with Gasteiger partial charge >= 0.3 is 5.97 Å². The summed E-state index contributed by atoms with van der Waals surface area (Å²) in [5.41, 5.74) is 9.36. The van der Waals surface area contributed by atoms with Gasteiger partial charge in [-0.15, -0.1) is 0 Å². The number of anilines is 1. The molecule has 3 aromatic rings. The van der Waals surface area contributed by atoms with Crippen molar-refractivity contribution in [2.75, 3.05) is 11.9 Å². The molecule has 182 valence electrons. The average Bonchev–Trinajstić information content (AvgIpc) is 2.85. The maximum absolute atomic E-state index is 13.4. The van der Waals surface area contributed by atoms with E-state index in [1.54, 1.807) is 12.1 Å². The number of aromatic nitrogens is 1. The topological polar surface area (TPSA) is 111 Å². The fourth-order valence-corrected chi connectivity index (χ4v) is 4.70. The van der Waals surface area contributed by atoms with E-state index in [4.69, 9.17) is 15.5 Å². The van der Waals surface area contributed by atoms with Crippen molar-refractivity contribution < 1.29 is 19.1 Å². The normalized spacial score (nSPS) is 15.3. The van der Waals surface area contributed by atoms with Crippen molar-refractivity contribution in [3.05, 3.63) is 70.9 Å². The van der Waals surface area contributed by atoms with E-state index in [0.29, 0.717) is 22.7 Å². The molecular formula is C28H31N3O4. The minimum absolute atomic E-state index is 0.147. The summed E-state index contributed by atoms with van der Waals surface area (Å²) in [6, 6.07) is 13.8. The van der Waals surface area contributed by atoms with Gasteiger partial charge in [0, 0.05) is 22.3 Å². The molecule has 0 fully saturated rings. The van der Waals surface area contributed by atoms with Gasteiger partial charge in [0.05, 0.1) is 11.1 Å². The molecule has 0 saturated carbocycles. The van der Waals surface area contributed by atoms with Gasteiger partial charge in [-0.1, -0.05) is 45.4 Å². The van der Waals surface area contributed by atoms with Crippen LogP contribution in [0, 0.1) is 11.3 Å². The van der Waals surface area contributed by atoms with E-state index in [-0.39, 0.29) is 5.41 Å². The second kappa shape index (κ2) is 9.86. The molecule has 1 atom stereocenters. The molecule has 0 radical (unpaired) electrons. The van der Waals surface area contributed by atoms with Crippen molar-refractivity contribution in [3.63, 3.8) is 0 Å². The number of nitrogens with zero attached hydrogens (tertiary/aromatic N) is 1. The van der Waals surface area contributed by atoms with Gasteiger partial charge in [-0.25, -0.2) is 4.79 Å². The first kappa shape index (κ1) is 24.4. The first-order chi connectivity index (χ1) is 16.7. The predicted molar refractivity (Wildman–Crippen MR) is 135 cm³/mol. The van der Waals surface area contributed by atoms with Crippen LogP contribution in [-0.4, -0.2) is 29.4 Å². The van der Waals surface area contributed by atoms with Crippen LogP contribution in [0.5, 0.6) is 0 Å². The van der Waals surface area contributed by atoms with Crippen LogP contribution < -0.4 is 11.1 Å². The third-order valence-electron chi connectivity index (χ3n) is 7.27. The molecule has 7 heteroatoms. The Kier molecular flexibility index (Phi) is 6.87. The maximum atomic E-state index is 13.4. The molecule has 0 unspecified atom stereocenters. The molecule has 35 heavy (non-hydrogen) atoms. The van der Waals surface area contributed by atoms with Crippen LogP contribution in [0.15, 0.2) is 48.5 Å². The monoisotopic (exact) mass is 473 g/mol. The molecule has 0 saturated heterocycles. The number of carbonyl (C=O) groups excluding carboxylic acids is 3. The van der Waals surface area contributed by atoms with E-state index >= 15 is 0 Å². The van der Waals surface area contributed by atoms with Crippen molar-refractivity contribution in [2.45, 2.75) is 46.5 Å². The lowest BCUT2D eigenvalue weighted by molar-refractivity contribution is -0.119. The Hall–Kier alpha value is -3.74. The number of carbonyl (C=O) groups is 3. The minimum Gasteiger partial charge on any atom is -0.452 e. The Balaban J connectivity index is 1.55. The largest absolute Gasteiger partial charge is 0.452 e. The zero-order valence-corrected chi connectivity index (χ0v) is 20.4. The summed E-state index contributed by atoms with van der Waals surface area (Å²) in [4.78, 5) is 41.9. The zero-order chi connectivity index (χ0) is 25.2. The van der Waals surface area contributed by atoms with Gasteiger partial charge in [-0.05, 0) is 66.5 Å². The zero-order valence-electron chi connectivity index (χ0n) is 20.4. The van der Waals surface area contributed by atoms with Crippen molar-refractivity contribution in [3.8, 4) is 0 Å². The van der Waals surface area contributed by atoms with Gasteiger partial charge in [0.2, 0.25) is 5.91 Å². The van der Waals surface area contributed by atoms with Gasteiger partial charge in [-0.2, -0.15) is 0 Å². The lowest BCUT2D eigenvalue weighted by atomic mass is 9.68. The number of rotatable bonds is 7. The van der Waals surface area contributed by atoms with Crippen molar-refractivity contribution in [2.24, 2.45) is 17.1 Å². The summed E-state index contributed by atoms with van der Waals surface area (Å²) in [5, 5.41) is 3.41. The fourth-order valence-electron chi connectivity index (χ4n) is 4.70. The van der Waals surface area contributed by atoms with Gasteiger partial charge in [-0.3, -0.25) is 14.6 Å². The van der Waals surface area contributed by atoms with Crippen molar-refractivity contribution in [1.82, 2.24) is 4.98 Å². The third kappa shape index (κ3) is 5.19. The number of hydrogen-bond donors (Lipinski definition) is 2. The number of nitrogens with two attached hydrogens (primary N) is 1. The maximum Gasteiger partial charge on any atom is 0.339 e. The molecular weight excluding hydrogens is 442 g/mol. The summed E-state index contributed by atoms with van der Waals surface area (Å²) in [6.07, 6.45) is 3.66. The Morgan fingerprint density at radius 3 is 2.51 bits per heavy atom. The Morgan fingerprint density at radius 2 is 1.83 bits per heavy atom. The predicted octanol–water partition coefficient (Wildman–Crippen LogP) is 4.67. The second-order valence-corrected chi connectivity index (χ2v) is 9.78. The number of pyridine rings is 1. The van der Waals surface area contributed by atoms with E-state index in [0.717, 1.165) is 47.8 Å². The van der Waals surface area contributed by atoms with Crippen LogP contribution in [-0.2, 0) is 22.4 Å². The van der Waals surface area contributed by atoms with Gasteiger partial charge in [0.15, 0.2) is 6.61 Å². The highest BCUT2D eigenvalue weighted by Crippen LogP contribution is 2.41. The summed E-state index contributed by atoms with van der Waals surface area (Å²) >= 11 is 0. The number of primary amides is 1. The summed E-state index contributed by atoms with van der Waals surface area (Å²) < 4.78 is 5.49. The molecule has 1 aliphatic rings. The number of nitrogens with one attached hydrogen (secondary N) is 1. The van der Waals surface area contributed by atoms with E-state index in [1.807, 2.05) is 24.3 Å². The van der Waals surface area contributed by atoms with Crippen molar-refractivity contribution in [1.29, 1.82) is 0 Å². The Labute approximate surface area is 205 Å². The van der Waals surface area contributed by atoms with Gasteiger partial charge in [0.1, 0.15) is 0 Å². The molecule has 3 N–H and O–H groups in total. The number of fused-ring (bicyclic) bond motifs is 2. The van der Waals surface area contributed by atoms with Crippen LogP contribution in [0.2, 0.25) is 0 Å². The lowest BCUT2D eigenvalue weighted by Crippen LogP contribution is -2.31. The first-order valence-corrected chi connectivity index (χ1v) is 12.0. The highest BCUT2D eigenvalue weighted by atomic mass is 16.5. The van der Waals surface area contributed by atoms with Crippen LogP contribution >= 0.6 is 0 Å². The summed E-state index contributed by atoms with van der Waals surface area (Å²) in [6.45, 7) is 6.32. The Bertz CT molecular complexity index is 1280. The van der Waals surface area contributed by atoms with Gasteiger partial charge < -0.3 is 15.8 Å².